The van der Waals surface area contributed by atoms with Crippen LogP contribution in [0.25, 0.3) is 10.8 Å². The summed E-state index contributed by atoms with van der Waals surface area (Å²) in [6.45, 7) is 5.83. The van der Waals surface area contributed by atoms with Crippen LogP contribution in [0.1, 0.15) is 16.7 Å². The van der Waals surface area contributed by atoms with E-state index in [1.165, 1.54) is 11.0 Å². The SMILES string of the molecule is C=CCN1C(=O)C(O)(c2cc(Cl)c3ccccc3c2O)c2cc(C)ccc21. The minimum Gasteiger partial charge on any atom is -0.507 e. The molecule has 4 nitrogen and oxygen atoms in total. The van der Waals surface area contributed by atoms with E-state index in [1.807, 2.05) is 19.1 Å². The summed E-state index contributed by atoms with van der Waals surface area (Å²) in [7, 11) is 0. The number of halogens is 1. The first-order valence-electron chi connectivity index (χ1n) is 8.56. The summed E-state index contributed by atoms with van der Waals surface area (Å²) < 4.78 is 0. The molecule has 1 unspecified atom stereocenters. The topological polar surface area (TPSA) is 60.8 Å². The van der Waals surface area contributed by atoms with Gasteiger partial charge in [-0.05, 0) is 19.1 Å². The van der Waals surface area contributed by atoms with Crippen LogP contribution in [-0.4, -0.2) is 22.7 Å². The van der Waals surface area contributed by atoms with Gasteiger partial charge in [0.25, 0.3) is 5.91 Å². The van der Waals surface area contributed by atoms with Crippen molar-refractivity contribution in [3.8, 4) is 5.75 Å². The Morgan fingerprint density at radius 3 is 2.56 bits per heavy atom. The Morgan fingerprint density at radius 1 is 1.15 bits per heavy atom. The van der Waals surface area contributed by atoms with Crippen LogP contribution in [0.2, 0.25) is 5.02 Å². The van der Waals surface area contributed by atoms with Gasteiger partial charge in [0, 0.05) is 33.5 Å². The second-order valence-corrected chi connectivity index (χ2v) is 7.14. The molecular formula is C22H18ClNO3. The second-order valence-electron chi connectivity index (χ2n) is 6.74. The smallest absolute Gasteiger partial charge is 0.268 e. The monoisotopic (exact) mass is 379 g/mol. The van der Waals surface area contributed by atoms with Crippen molar-refractivity contribution in [1.82, 2.24) is 0 Å². The number of rotatable bonds is 3. The zero-order valence-electron chi connectivity index (χ0n) is 14.7. The van der Waals surface area contributed by atoms with Crippen molar-refractivity contribution < 1.29 is 15.0 Å². The summed E-state index contributed by atoms with van der Waals surface area (Å²) in [4.78, 5) is 14.7. The first-order chi connectivity index (χ1) is 12.9. The summed E-state index contributed by atoms with van der Waals surface area (Å²) in [5, 5.41) is 24.0. The maximum absolute atomic E-state index is 13.3. The number of nitrogens with zero attached hydrogens (tertiary/aromatic N) is 1. The highest BCUT2D eigenvalue weighted by Gasteiger charge is 2.52. The van der Waals surface area contributed by atoms with Gasteiger partial charge in [-0.25, -0.2) is 0 Å². The minimum absolute atomic E-state index is 0.0783. The lowest BCUT2D eigenvalue weighted by Crippen LogP contribution is -2.41. The van der Waals surface area contributed by atoms with E-state index >= 15 is 0 Å². The van der Waals surface area contributed by atoms with Crippen molar-refractivity contribution in [2.75, 3.05) is 11.4 Å². The number of carbonyl (C=O) groups excluding carboxylic acids is 1. The highest BCUT2D eigenvalue weighted by atomic mass is 35.5. The first kappa shape index (κ1) is 17.6. The van der Waals surface area contributed by atoms with E-state index in [2.05, 4.69) is 6.58 Å². The van der Waals surface area contributed by atoms with Gasteiger partial charge in [-0.15, -0.1) is 6.58 Å². The van der Waals surface area contributed by atoms with Gasteiger partial charge in [0.15, 0.2) is 5.60 Å². The number of hydrogen-bond acceptors (Lipinski definition) is 3. The predicted octanol–water partition coefficient (Wildman–Crippen LogP) is 4.28. The number of phenols is 1. The molecule has 0 fully saturated rings. The van der Waals surface area contributed by atoms with Crippen molar-refractivity contribution in [3.05, 3.63) is 82.9 Å². The van der Waals surface area contributed by atoms with E-state index in [1.54, 1.807) is 36.4 Å². The number of benzene rings is 3. The zero-order valence-corrected chi connectivity index (χ0v) is 15.5. The first-order valence-corrected chi connectivity index (χ1v) is 8.94. The fraction of sp³-hybridized carbons (Fsp3) is 0.136. The molecule has 1 aliphatic heterocycles. The summed E-state index contributed by atoms with van der Waals surface area (Å²) in [6.07, 6.45) is 1.60. The number of aromatic hydroxyl groups is 1. The van der Waals surface area contributed by atoms with Gasteiger partial charge in [-0.2, -0.15) is 0 Å². The van der Waals surface area contributed by atoms with E-state index in [4.69, 9.17) is 11.6 Å². The third-order valence-corrected chi connectivity index (χ3v) is 5.37. The molecule has 1 aliphatic rings. The molecule has 2 N–H and O–H groups in total. The fourth-order valence-corrected chi connectivity index (χ4v) is 4.03. The van der Waals surface area contributed by atoms with Gasteiger partial charge in [0.2, 0.25) is 0 Å². The molecule has 1 amide bonds. The van der Waals surface area contributed by atoms with Crippen LogP contribution in [0.4, 0.5) is 5.69 Å². The van der Waals surface area contributed by atoms with Crippen LogP contribution in [0.5, 0.6) is 5.75 Å². The second kappa shape index (κ2) is 6.12. The molecule has 0 saturated heterocycles. The number of fused-ring (bicyclic) bond motifs is 2. The lowest BCUT2D eigenvalue weighted by atomic mass is 9.85. The molecule has 0 spiro atoms. The molecule has 3 aromatic rings. The van der Waals surface area contributed by atoms with Crippen LogP contribution in [-0.2, 0) is 10.4 Å². The summed E-state index contributed by atoms with van der Waals surface area (Å²) >= 11 is 6.41. The van der Waals surface area contributed by atoms with Gasteiger partial charge >= 0.3 is 0 Å². The standard InChI is InChI=1S/C22H18ClNO3/c1-3-10-24-19-9-8-13(2)11-16(19)22(27,21(24)26)17-12-18(23)14-6-4-5-7-15(14)20(17)25/h3-9,11-12,25,27H,1,10H2,2H3. The Kier molecular flexibility index (Phi) is 3.98. The normalized spacial score (nSPS) is 18.8. The van der Waals surface area contributed by atoms with E-state index in [-0.39, 0.29) is 17.9 Å². The van der Waals surface area contributed by atoms with Crippen molar-refractivity contribution in [1.29, 1.82) is 0 Å². The molecule has 0 aliphatic carbocycles. The Morgan fingerprint density at radius 2 is 1.85 bits per heavy atom. The molecular weight excluding hydrogens is 362 g/mol. The van der Waals surface area contributed by atoms with Crippen molar-refractivity contribution in [3.63, 3.8) is 0 Å². The molecule has 0 bridgehead atoms. The molecule has 1 atom stereocenters. The van der Waals surface area contributed by atoms with Gasteiger partial charge in [-0.1, -0.05) is 59.6 Å². The maximum Gasteiger partial charge on any atom is 0.268 e. The van der Waals surface area contributed by atoms with E-state index in [9.17, 15) is 15.0 Å². The van der Waals surface area contributed by atoms with Crippen LogP contribution in [0.3, 0.4) is 0 Å². The van der Waals surface area contributed by atoms with E-state index in [0.29, 0.717) is 27.0 Å². The van der Waals surface area contributed by atoms with Gasteiger partial charge in [0.1, 0.15) is 5.75 Å². The number of aryl methyl sites for hydroxylation is 1. The predicted molar refractivity (Wildman–Crippen MR) is 107 cm³/mol. The average Bonchev–Trinajstić information content (AvgIpc) is 2.87. The summed E-state index contributed by atoms with van der Waals surface area (Å²) in [5.41, 5.74) is -0.0311. The van der Waals surface area contributed by atoms with Crippen molar-refractivity contribution in [2.45, 2.75) is 12.5 Å². The Bertz CT molecular complexity index is 1110. The van der Waals surface area contributed by atoms with Gasteiger partial charge < -0.3 is 15.1 Å². The number of amides is 1. The Balaban J connectivity index is 2.05. The number of phenolic OH excluding ortho intramolecular Hbond substituents is 1. The van der Waals surface area contributed by atoms with Crippen molar-refractivity contribution in [2.24, 2.45) is 0 Å². The Labute approximate surface area is 161 Å². The molecule has 0 saturated carbocycles. The highest BCUT2D eigenvalue weighted by Crippen LogP contribution is 2.49. The van der Waals surface area contributed by atoms with Crippen LogP contribution >= 0.6 is 11.6 Å². The lowest BCUT2D eigenvalue weighted by Gasteiger charge is -2.25. The third-order valence-electron chi connectivity index (χ3n) is 5.05. The quantitative estimate of drug-likeness (QED) is 0.668. The highest BCUT2D eigenvalue weighted by molar-refractivity contribution is 6.36. The molecule has 136 valence electrons. The molecule has 0 aromatic heterocycles. The zero-order chi connectivity index (χ0) is 19.3. The average molecular weight is 380 g/mol. The third kappa shape index (κ3) is 2.37. The number of anilines is 1. The number of carbonyl (C=O) groups is 1. The molecule has 4 rings (SSSR count). The largest absolute Gasteiger partial charge is 0.507 e. The lowest BCUT2D eigenvalue weighted by molar-refractivity contribution is -0.132. The van der Waals surface area contributed by atoms with E-state index < -0.39 is 11.5 Å². The minimum atomic E-state index is -2.03. The van der Waals surface area contributed by atoms with Crippen LogP contribution in [0, 0.1) is 6.92 Å². The van der Waals surface area contributed by atoms with Crippen LogP contribution in [0.15, 0.2) is 61.2 Å². The number of hydrogen-bond donors (Lipinski definition) is 2. The number of aliphatic hydroxyl groups is 1. The molecule has 1 heterocycles. The molecule has 0 radical (unpaired) electrons. The molecule has 27 heavy (non-hydrogen) atoms. The summed E-state index contributed by atoms with van der Waals surface area (Å²) in [6, 6.07) is 14.0. The van der Waals surface area contributed by atoms with Gasteiger partial charge in [-0.3, -0.25) is 4.79 Å². The Hall–Kier alpha value is -2.82. The summed E-state index contributed by atoms with van der Waals surface area (Å²) in [5.74, 6) is -0.691. The van der Waals surface area contributed by atoms with Crippen molar-refractivity contribution >= 4 is 34.0 Å². The maximum atomic E-state index is 13.3. The molecule has 3 aromatic carbocycles. The molecule has 5 heteroatoms. The van der Waals surface area contributed by atoms with Gasteiger partial charge in [0.05, 0.1) is 5.69 Å². The van der Waals surface area contributed by atoms with E-state index in [0.717, 1.165) is 5.56 Å². The van der Waals surface area contributed by atoms with Crippen LogP contribution < -0.4 is 4.90 Å². The fourth-order valence-electron chi connectivity index (χ4n) is 3.76.